The second-order valence-corrected chi connectivity index (χ2v) is 9.50. The number of unbranched alkanes of at least 4 members (excludes halogenated alkanes) is 2. The first kappa shape index (κ1) is 27.9. The van der Waals surface area contributed by atoms with E-state index in [2.05, 4.69) is 38.3 Å². The molecule has 0 saturated carbocycles. The summed E-state index contributed by atoms with van der Waals surface area (Å²) in [4.78, 5) is 38.8. The number of benzene rings is 1. The van der Waals surface area contributed by atoms with E-state index in [4.69, 9.17) is 9.84 Å². The Hall–Kier alpha value is -3.36. The molecule has 1 heterocycles. The second-order valence-electron chi connectivity index (χ2n) is 9.50. The van der Waals surface area contributed by atoms with E-state index in [0.717, 1.165) is 36.2 Å². The number of esters is 1. The Labute approximate surface area is 208 Å². The van der Waals surface area contributed by atoms with Gasteiger partial charge in [0.1, 0.15) is 18.9 Å². The third-order valence-electron chi connectivity index (χ3n) is 5.43. The maximum atomic E-state index is 13.1. The van der Waals surface area contributed by atoms with Crippen LogP contribution < -0.4 is 10.6 Å². The van der Waals surface area contributed by atoms with Gasteiger partial charge in [0, 0.05) is 18.0 Å². The molecule has 192 valence electrons. The molecule has 3 amide bonds. The second kappa shape index (κ2) is 12.9. The molecule has 0 aliphatic heterocycles. The number of para-hydroxylation sites is 1. The van der Waals surface area contributed by atoms with Gasteiger partial charge in [0.2, 0.25) is 5.91 Å². The van der Waals surface area contributed by atoms with Gasteiger partial charge >= 0.3 is 12.0 Å². The summed E-state index contributed by atoms with van der Waals surface area (Å²) in [6.45, 7) is 12.2. The molecule has 9 heteroatoms. The number of amides is 3. The summed E-state index contributed by atoms with van der Waals surface area (Å²) in [6, 6.07) is 9.20. The van der Waals surface area contributed by atoms with Gasteiger partial charge in [-0.2, -0.15) is 5.10 Å². The topological polar surface area (TPSA) is 106 Å². The highest BCUT2D eigenvalue weighted by Gasteiger charge is 2.23. The van der Waals surface area contributed by atoms with Gasteiger partial charge in [-0.05, 0) is 31.9 Å². The van der Waals surface area contributed by atoms with Crippen molar-refractivity contribution < 1.29 is 19.1 Å². The van der Waals surface area contributed by atoms with Crippen LogP contribution in [-0.2, 0) is 19.7 Å². The average molecular weight is 486 g/mol. The first-order chi connectivity index (χ1) is 16.6. The van der Waals surface area contributed by atoms with Crippen LogP contribution in [0.4, 0.5) is 10.6 Å². The Kier molecular flexibility index (Phi) is 10.3. The number of anilines is 1. The molecule has 0 aliphatic carbocycles. The zero-order valence-electron chi connectivity index (χ0n) is 21.8. The van der Waals surface area contributed by atoms with Crippen molar-refractivity contribution >= 4 is 23.7 Å². The molecule has 0 atom stereocenters. The van der Waals surface area contributed by atoms with Crippen LogP contribution in [0.3, 0.4) is 0 Å². The summed E-state index contributed by atoms with van der Waals surface area (Å²) < 4.78 is 6.60. The average Bonchev–Trinajstić information content (AvgIpc) is 3.21. The fourth-order valence-electron chi connectivity index (χ4n) is 3.45. The number of carbonyl (C=O) groups is 3. The number of rotatable bonds is 11. The van der Waals surface area contributed by atoms with E-state index in [1.54, 1.807) is 11.6 Å². The molecule has 35 heavy (non-hydrogen) atoms. The Morgan fingerprint density at radius 1 is 1.11 bits per heavy atom. The number of carbonyl (C=O) groups excluding carboxylic acids is 3. The number of urea groups is 1. The fraction of sp³-hybridized carbons (Fsp3) is 0.538. The van der Waals surface area contributed by atoms with Gasteiger partial charge < -0.3 is 20.3 Å². The number of aryl methyl sites for hydroxylation is 1. The number of nitrogens with zero attached hydrogens (tertiary/aromatic N) is 3. The Morgan fingerprint density at radius 3 is 2.46 bits per heavy atom. The van der Waals surface area contributed by atoms with Gasteiger partial charge in [-0.25, -0.2) is 9.48 Å². The minimum absolute atomic E-state index is 0.151. The predicted octanol–water partition coefficient (Wildman–Crippen LogP) is 4.18. The van der Waals surface area contributed by atoms with E-state index >= 15 is 0 Å². The lowest BCUT2D eigenvalue weighted by molar-refractivity contribution is -0.141. The summed E-state index contributed by atoms with van der Waals surface area (Å²) in [6.07, 6.45) is 2.67. The highest BCUT2D eigenvalue weighted by atomic mass is 16.5. The van der Waals surface area contributed by atoms with E-state index in [1.807, 2.05) is 37.3 Å². The van der Waals surface area contributed by atoms with Crippen molar-refractivity contribution in [2.75, 3.05) is 31.6 Å². The zero-order chi connectivity index (χ0) is 26.0. The molecular formula is C26H39N5O4. The molecular weight excluding hydrogens is 446 g/mol. The number of nitrogens with one attached hydrogen (secondary N) is 2. The van der Waals surface area contributed by atoms with Crippen LogP contribution >= 0.6 is 0 Å². The highest BCUT2D eigenvalue weighted by Crippen LogP contribution is 2.27. The minimum atomic E-state index is -0.518. The van der Waals surface area contributed by atoms with Crippen molar-refractivity contribution in [3.63, 3.8) is 0 Å². The van der Waals surface area contributed by atoms with Crippen LogP contribution in [0.1, 0.15) is 65.1 Å². The normalized spacial score (nSPS) is 11.1. The van der Waals surface area contributed by atoms with E-state index in [1.165, 1.54) is 4.90 Å². The monoisotopic (exact) mass is 485 g/mol. The molecule has 2 N–H and O–H groups in total. The molecule has 0 radical (unpaired) electrons. The van der Waals surface area contributed by atoms with Gasteiger partial charge in [-0.15, -0.1) is 0 Å². The van der Waals surface area contributed by atoms with E-state index in [-0.39, 0.29) is 31.0 Å². The van der Waals surface area contributed by atoms with Crippen molar-refractivity contribution in [3.8, 4) is 5.69 Å². The third-order valence-corrected chi connectivity index (χ3v) is 5.43. The SMILES string of the molecule is CCCCCN(CC(=O)Nc1cc(C(C)(C)C)nn1-c1ccccc1C)C(=O)NCC(=O)OCC. The first-order valence-corrected chi connectivity index (χ1v) is 12.2. The molecule has 0 spiro atoms. The van der Waals surface area contributed by atoms with Crippen LogP contribution in [0.5, 0.6) is 0 Å². The fourth-order valence-corrected chi connectivity index (χ4v) is 3.45. The van der Waals surface area contributed by atoms with Crippen LogP contribution in [-0.4, -0.2) is 58.8 Å². The Balaban J connectivity index is 2.21. The number of ether oxygens (including phenoxy) is 1. The maximum Gasteiger partial charge on any atom is 0.325 e. The lowest BCUT2D eigenvalue weighted by atomic mass is 9.92. The standard InChI is InChI=1S/C26H39N5O4/c1-7-9-12-15-30(25(34)27-17-24(33)35-8-2)18-23(32)28-22-16-21(26(4,5)6)29-31(22)20-14-11-10-13-19(20)3/h10-11,13-14,16H,7-9,12,15,17-18H2,1-6H3,(H,27,34)(H,28,32). The van der Waals surface area contributed by atoms with Crippen LogP contribution in [0.25, 0.3) is 5.69 Å². The van der Waals surface area contributed by atoms with Gasteiger partial charge in [0.05, 0.1) is 18.0 Å². The summed E-state index contributed by atoms with van der Waals surface area (Å²) >= 11 is 0. The molecule has 1 aromatic carbocycles. The van der Waals surface area contributed by atoms with Crippen LogP contribution in [0.2, 0.25) is 0 Å². The van der Waals surface area contributed by atoms with Gasteiger partial charge in [0.25, 0.3) is 0 Å². The largest absolute Gasteiger partial charge is 0.465 e. The molecule has 1 aromatic heterocycles. The molecule has 2 rings (SSSR count). The Morgan fingerprint density at radius 2 is 1.83 bits per heavy atom. The summed E-state index contributed by atoms with van der Waals surface area (Å²) in [7, 11) is 0. The van der Waals surface area contributed by atoms with E-state index in [0.29, 0.717) is 12.4 Å². The highest BCUT2D eigenvalue weighted by molar-refractivity contribution is 5.94. The van der Waals surface area contributed by atoms with Gasteiger partial charge in [0.15, 0.2) is 0 Å². The third kappa shape index (κ3) is 8.42. The van der Waals surface area contributed by atoms with Crippen molar-refractivity contribution in [2.45, 2.75) is 66.2 Å². The lowest BCUT2D eigenvalue weighted by Gasteiger charge is -2.22. The molecule has 0 unspecified atom stereocenters. The van der Waals surface area contributed by atoms with Gasteiger partial charge in [-0.3, -0.25) is 9.59 Å². The quantitative estimate of drug-likeness (QED) is 0.367. The molecule has 0 aliphatic rings. The lowest BCUT2D eigenvalue weighted by Crippen LogP contribution is -2.46. The molecule has 0 saturated heterocycles. The number of aromatic nitrogens is 2. The van der Waals surface area contributed by atoms with E-state index in [9.17, 15) is 14.4 Å². The van der Waals surface area contributed by atoms with Crippen LogP contribution in [0.15, 0.2) is 30.3 Å². The smallest absolute Gasteiger partial charge is 0.325 e. The minimum Gasteiger partial charge on any atom is -0.465 e. The molecule has 2 aromatic rings. The Bertz CT molecular complexity index is 1010. The van der Waals surface area contributed by atoms with Crippen molar-refractivity contribution in [2.24, 2.45) is 0 Å². The summed E-state index contributed by atoms with van der Waals surface area (Å²) in [5, 5.41) is 10.2. The molecule has 0 bridgehead atoms. The van der Waals surface area contributed by atoms with Crippen molar-refractivity contribution in [1.82, 2.24) is 20.0 Å². The van der Waals surface area contributed by atoms with Crippen molar-refractivity contribution in [3.05, 3.63) is 41.6 Å². The number of hydrogen-bond acceptors (Lipinski definition) is 5. The summed E-state index contributed by atoms with van der Waals surface area (Å²) in [5.74, 6) is -0.326. The van der Waals surface area contributed by atoms with Crippen molar-refractivity contribution in [1.29, 1.82) is 0 Å². The first-order valence-electron chi connectivity index (χ1n) is 12.2. The zero-order valence-corrected chi connectivity index (χ0v) is 21.8. The summed E-state index contributed by atoms with van der Waals surface area (Å²) in [5.41, 5.74) is 2.51. The van der Waals surface area contributed by atoms with Crippen LogP contribution in [0, 0.1) is 6.92 Å². The number of hydrogen-bond donors (Lipinski definition) is 2. The maximum absolute atomic E-state index is 13.1. The molecule has 9 nitrogen and oxygen atoms in total. The molecule has 0 fully saturated rings. The predicted molar refractivity (Wildman–Crippen MR) is 137 cm³/mol. The van der Waals surface area contributed by atoms with E-state index < -0.39 is 12.0 Å². The van der Waals surface area contributed by atoms with Gasteiger partial charge in [-0.1, -0.05) is 58.7 Å².